The molecule has 3 rings (SSSR count). The number of methoxy groups -OCH3 is 1. The van der Waals surface area contributed by atoms with Gasteiger partial charge in [-0.2, -0.15) is 0 Å². The van der Waals surface area contributed by atoms with Gasteiger partial charge in [-0.3, -0.25) is 4.79 Å². The summed E-state index contributed by atoms with van der Waals surface area (Å²) in [6, 6.07) is 11.9. The van der Waals surface area contributed by atoms with Gasteiger partial charge in [-0.15, -0.1) is 0 Å². The van der Waals surface area contributed by atoms with Gasteiger partial charge in [0.25, 0.3) is 5.91 Å². The Kier molecular flexibility index (Phi) is 4.78. The number of sulfonamides is 1. The molecule has 1 aliphatic carbocycles. The van der Waals surface area contributed by atoms with Crippen molar-refractivity contribution in [1.82, 2.24) is 5.32 Å². The number of nitrogens with two attached hydrogens (primary N) is 1. The molecule has 0 unspecified atom stereocenters. The first kappa shape index (κ1) is 19.4. The second-order valence-corrected chi connectivity index (χ2v) is 9.11. The number of benzene rings is 2. The summed E-state index contributed by atoms with van der Waals surface area (Å²) in [6.45, 7) is 6.04. The van der Waals surface area contributed by atoms with Gasteiger partial charge in [-0.1, -0.05) is 32.0 Å². The summed E-state index contributed by atoms with van der Waals surface area (Å²) in [7, 11) is -2.15. The molecule has 0 bridgehead atoms. The molecule has 0 aliphatic heterocycles. The smallest absolute Gasteiger partial charge is 0.251 e. The molecule has 0 spiro atoms. The van der Waals surface area contributed by atoms with Gasteiger partial charge in [0.2, 0.25) is 10.0 Å². The van der Waals surface area contributed by atoms with E-state index in [0.717, 1.165) is 11.1 Å². The number of primary sulfonamides is 1. The molecule has 7 heteroatoms. The van der Waals surface area contributed by atoms with E-state index in [1.165, 1.54) is 12.1 Å². The van der Waals surface area contributed by atoms with E-state index in [-0.39, 0.29) is 28.2 Å². The zero-order chi connectivity index (χ0) is 20.0. The number of hydrogen-bond acceptors (Lipinski definition) is 4. The van der Waals surface area contributed by atoms with Crippen LogP contribution in [0.5, 0.6) is 5.75 Å². The van der Waals surface area contributed by atoms with Crippen molar-refractivity contribution in [2.45, 2.75) is 37.6 Å². The third-order valence-electron chi connectivity index (χ3n) is 5.37. The van der Waals surface area contributed by atoms with Crippen molar-refractivity contribution in [3.63, 3.8) is 0 Å². The minimum absolute atomic E-state index is 0.0454. The molecular weight excluding hydrogens is 364 g/mol. The fourth-order valence-corrected chi connectivity index (χ4v) is 4.10. The molecule has 1 saturated carbocycles. The number of carbonyl (C=O) groups is 1. The molecule has 0 heterocycles. The number of hydrogen-bond donors (Lipinski definition) is 2. The van der Waals surface area contributed by atoms with Crippen LogP contribution in [0.3, 0.4) is 0 Å². The van der Waals surface area contributed by atoms with Gasteiger partial charge in [0.05, 0.1) is 12.0 Å². The first-order chi connectivity index (χ1) is 12.6. The molecule has 2 aromatic carbocycles. The number of amides is 1. The Balaban J connectivity index is 1.79. The highest BCUT2D eigenvalue weighted by Crippen LogP contribution is 2.58. The summed E-state index contributed by atoms with van der Waals surface area (Å²) >= 11 is 0. The second kappa shape index (κ2) is 6.65. The molecule has 1 amide bonds. The third kappa shape index (κ3) is 3.70. The lowest BCUT2D eigenvalue weighted by Crippen LogP contribution is -2.29. The fourth-order valence-electron chi connectivity index (χ4n) is 3.59. The molecule has 1 aliphatic rings. The van der Waals surface area contributed by atoms with E-state index in [0.29, 0.717) is 11.3 Å². The van der Waals surface area contributed by atoms with Gasteiger partial charge < -0.3 is 10.1 Å². The lowest BCUT2D eigenvalue weighted by Gasteiger charge is -2.10. The van der Waals surface area contributed by atoms with Crippen molar-refractivity contribution in [1.29, 1.82) is 0 Å². The lowest BCUT2D eigenvalue weighted by molar-refractivity contribution is 0.0945. The Labute approximate surface area is 159 Å². The summed E-state index contributed by atoms with van der Waals surface area (Å²) in [5.41, 5.74) is 2.30. The number of nitrogens with one attached hydrogen (secondary N) is 1. The van der Waals surface area contributed by atoms with E-state index >= 15 is 0 Å². The topological polar surface area (TPSA) is 98.5 Å². The van der Waals surface area contributed by atoms with Crippen LogP contribution in [0.4, 0.5) is 0 Å². The maximum atomic E-state index is 12.8. The quantitative estimate of drug-likeness (QED) is 0.822. The highest BCUT2D eigenvalue weighted by molar-refractivity contribution is 7.89. The van der Waals surface area contributed by atoms with Crippen molar-refractivity contribution in [3.8, 4) is 5.75 Å². The van der Waals surface area contributed by atoms with Crippen LogP contribution < -0.4 is 15.2 Å². The van der Waals surface area contributed by atoms with E-state index in [1.54, 1.807) is 25.3 Å². The third-order valence-corrected chi connectivity index (χ3v) is 6.30. The monoisotopic (exact) mass is 388 g/mol. The van der Waals surface area contributed by atoms with Gasteiger partial charge in [-0.25, -0.2) is 13.6 Å². The van der Waals surface area contributed by atoms with Gasteiger partial charge >= 0.3 is 0 Å². The molecule has 2 atom stereocenters. The standard InChI is InChI=1S/C20H24N2O4S/c1-12-5-8-14(26-4)11-16(12)19(23)22-18-17(20(18,2)3)13-6-9-15(10-7-13)27(21,24)25/h5-11,17-18H,1-4H3,(H,22,23)(H2,21,24,25)/t17-,18-/m0/s1. The van der Waals surface area contributed by atoms with Crippen molar-refractivity contribution < 1.29 is 17.9 Å². The zero-order valence-electron chi connectivity index (χ0n) is 15.8. The van der Waals surface area contributed by atoms with Crippen molar-refractivity contribution in [3.05, 3.63) is 59.2 Å². The van der Waals surface area contributed by atoms with E-state index in [4.69, 9.17) is 9.88 Å². The van der Waals surface area contributed by atoms with Gasteiger partial charge in [-0.05, 0) is 47.7 Å². The first-order valence-electron chi connectivity index (χ1n) is 8.64. The van der Waals surface area contributed by atoms with Crippen LogP contribution >= 0.6 is 0 Å². The molecule has 27 heavy (non-hydrogen) atoms. The first-order valence-corrected chi connectivity index (χ1v) is 10.2. The number of aryl methyl sites for hydroxylation is 1. The average molecular weight is 388 g/mol. The van der Waals surface area contributed by atoms with Gasteiger partial charge in [0.1, 0.15) is 5.75 Å². The van der Waals surface area contributed by atoms with Crippen LogP contribution in [-0.4, -0.2) is 27.5 Å². The maximum Gasteiger partial charge on any atom is 0.251 e. The minimum Gasteiger partial charge on any atom is -0.497 e. The molecular formula is C20H24N2O4S. The summed E-state index contributed by atoms with van der Waals surface area (Å²) in [4.78, 5) is 12.9. The summed E-state index contributed by atoms with van der Waals surface area (Å²) in [6.07, 6.45) is 0. The van der Waals surface area contributed by atoms with Crippen molar-refractivity contribution in [2.75, 3.05) is 7.11 Å². The normalized spacial score (nSPS) is 20.8. The Bertz CT molecular complexity index is 982. The molecule has 0 aromatic heterocycles. The second-order valence-electron chi connectivity index (χ2n) is 7.55. The predicted octanol–water partition coefficient (Wildman–Crippen LogP) is 2.57. The van der Waals surface area contributed by atoms with Crippen LogP contribution in [0.25, 0.3) is 0 Å². The van der Waals surface area contributed by atoms with E-state index < -0.39 is 10.0 Å². The molecule has 144 valence electrons. The van der Waals surface area contributed by atoms with E-state index in [2.05, 4.69) is 19.2 Å². The summed E-state index contributed by atoms with van der Waals surface area (Å²) < 4.78 is 28.0. The van der Waals surface area contributed by atoms with E-state index in [1.807, 2.05) is 19.1 Å². The highest BCUT2D eigenvalue weighted by atomic mass is 32.2. The van der Waals surface area contributed by atoms with Crippen molar-refractivity contribution in [2.24, 2.45) is 10.6 Å². The van der Waals surface area contributed by atoms with Crippen molar-refractivity contribution >= 4 is 15.9 Å². The Hall–Kier alpha value is -2.38. The maximum absolute atomic E-state index is 12.8. The fraction of sp³-hybridized carbons (Fsp3) is 0.350. The Morgan fingerprint density at radius 2 is 1.78 bits per heavy atom. The molecule has 2 aromatic rings. The average Bonchev–Trinajstić information content (AvgIpc) is 3.14. The number of rotatable bonds is 5. The van der Waals surface area contributed by atoms with Crippen LogP contribution in [0.2, 0.25) is 0 Å². The zero-order valence-corrected chi connectivity index (χ0v) is 16.6. The molecule has 0 radical (unpaired) electrons. The molecule has 1 fully saturated rings. The lowest BCUT2D eigenvalue weighted by atomic mass is 10.0. The van der Waals surface area contributed by atoms with Gasteiger partial charge in [0, 0.05) is 17.5 Å². The molecule has 6 nitrogen and oxygen atoms in total. The largest absolute Gasteiger partial charge is 0.497 e. The van der Waals surface area contributed by atoms with Gasteiger partial charge in [0.15, 0.2) is 0 Å². The Morgan fingerprint density at radius 3 is 2.33 bits per heavy atom. The minimum atomic E-state index is -3.72. The van der Waals surface area contributed by atoms with E-state index in [9.17, 15) is 13.2 Å². The van der Waals surface area contributed by atoms with Crippen LogP contribution in [0.15, 0.2) is 47.4 Å². The predicted molar refractivity (Wildman–Crippen MR) is 103 cm³/mol. The number of ether oxygens (including phenoxy) is 1. The highest BCUT2D eigenvalue weighted by Gasteiger charge is 2.59. The van der Waals surface area contributed by atoms with Crippen LogP contribution in [0.1, 0.15) is 41.3 Å². The Morgan fingerprint density at radius 1 is 1.15 bits per heavy atom. The number of carbonyl (C=O) groups excluding carboxylic acids is 1. The SMILES string of the molecule is COc1ccc(C)c(C(=O)N[C@H]2[C@H](c3ccc(S(N)(=O)=O)cc3)C2(C)C)c1. The molecule has 0 saturated heterocycles. The summed E-state index contributed by atoms with van der Waals surface area (Å²) in [5, 5.41) is 8.26. The van der Waals surface area contributed by atoms with Crippen LogP contribution in [-0.2, 0) is 10.0 Å². The molecule has 3 N–H and O–H groups in total. The van der Waals surface area contributed by atoms with Crippen LogP contribution in [0, 0.1) is 12.3 Å². The summed E-state index contributed by atoms with van der Waals surface area (Å²) in [5.74, 6) is 0.589.